The molecular weight excluding hydrogens is 236 g/mol. The summed E-state index contributed by atoms with van der Waals surface area (Å²) in [5.41, 5.74) is 0. The van der Waals surface area contributed by atoms with E-state index >= 15 is 0 Å². The number of hydrogen-bond donors (Lipinski definition) is 1. The molecule has 0 spiro atoms. The van der Waals surface area contributed by atoms with Crippen molar-refractivity contribution in [1.82, 2.24) is 4.72 Å². The van der Waals surface area contributed by atoms with E-state index in [9.17, 15) is 8.42 Å². The summed E-state index contributed by atoms with van der Waals surface area (Å²) in [4.78, 5) is 0. The van der Waals surface area contributed by atoms with Gasteiger partial charge in [-0.3, -0.25) is 0 Å². The number of hydrogen-bond acceptors (Lipinski definition) is 3. The van der Waals surface area contributed by atoms with E-state index in [0.717, 1.165) is 44.9 Å². The first-order valence-electron chi connectivity index (χ1n) is 6.46. The van der Waals surface area contributed by atoms with Crippen molar-refractivity contribution >= 4 is 10.0 Å². The molecule has 0 amide bonds. The van der Waals surface area contributed by atoms with E-state index in [-0.39, 0.29) is 5.75 Å². The molecule has 0 aliphatic heterocycles. The third-order valence-corrected chi connectivity index (χ3v) is 4.02. The van der Waals surface area contributed by atoms with Gasteiger partial charge in [-0.05, 0) is 19.3 Å². The Hall–Kier alpha value is -0.600. The second kappa shape index (κ2) is 10.5. The van der Waals surface area contributed by atoms with Gasteiger partial charge < -0.3 is 0 Å². The lowest BCUT2D eigenvalue weighted by atomic mass is 10.1. The lowest BCUT2D eigenvalue weighted by Crippen LogP contribution is -2.27. The van der Waals surface area contributed by atoms with E-state index in [2.05, 4.69) is 17.7 Å². The van der Waals surface area contributed by atoms with Crippen molar-refractivity contribution in [2.45, 2.75) is 58.3 Å². The number of rotatable bonds is 11. The zero-order valence-electron chi connectivity index (χ0n) is 10.7. The average molecular weight is 260 g/mol. The molecule has 0 saturated carbocycles. The van der Waals surface area contributed by atoms with Crippen molar-refractivity contribution in [1.29, 1.82) is 5.26 Å². The molecule has 0 aromatic rings. The lowest BCUT2D eigenvalue weighted by Gasteiger charge is -2.05. The molecule has 0 atom stereocenters. The number of sulfonamides is 1. The SMILES string of the molecule is CCCCCS(=O)(=O)NCCCCCCC#N. The average Bonchev–Trinajstić information content (AvgIpc) is 2.28. The summed E-state index contributed by atoms with van der Waals surface area (Å²) in [7, 11) is -3.05. The van der Waals surface area contributed by atoms with Crippen LogP contribution in [0.3, 0.4) is 0 Å². The quantitative estimate of drug-likeness (QED) is 0.580. The van der Waals surface area contributed by atoms with Crippen LogP contribution in [-0.2, 0) is 10.0 Å². The number of unbranched alkanes of at least 4 members (excludes halogenated alkanes) is 6. The predicted octanol–water partition coefficient (Wildman–Crippen LogP) is 2.57. The standard InChI is InChI=1S/C12H24N2O2S/c1-2-3-9-12-17(15,16)14-11-8-6-4-5-7-10-13/h14H,2-9,11-12H2,1H3. The van der Waals surface area contributed by atoms with Gasteiger partial charge in [0.05, 0.1) is 11.8 Å². The van der Waals surface area contributed by atoms with E-state index in [1.165, 1.54) is 0 Å². The van der Waals surface area contributed by atoms with Crippen LogP contribution in [0.15, 0.2) is 0 Å². The lowest BCUT2D eigenvalue weighted by molar-refractivity contribution is 0.568. The van der Waals surface area contributed by atoms with Crippen LogP contribution in [0.2, 0.25) is 0 Å². The van der Waals surface area contributed by atoms with Crippen LogP contribution in [0.4, 0.5) is 0 Å². The Bertz CT molecular complexity index is 307. The maximum Gasteiger partial charge on any atom is 0.211 e. The molecule has 1 N–H and O–H groups in total. The van der Waals surface area contributed by atoms with Crippen LogP contribution in [0.25, 0.3) is 0 Å². The molecule has 100 valence electrons. The zero-order chi connectivity index (χ0) is 13.0. The topological polar surface area (TPSA) is 70.0 Å². The van der Waals surface area contributed by atoms with Crippen LogP contribution < -0.4 is 4.72 Å². The van der Waals surface area contributed by atoms with Crippen LogP contribution in [0, 0.1) is 11.3 Å². The number of nitrogens with zero attached hydrogens (tertiary/aromatic N) is 1. The van der Waals surface area contributed by atoms with Crippen molar-refractivity contribution in [2.75, 3.05) is 12.3 Å². The van der Waals surface area contributed by atoms with Gasteiger partial charge in [-0.15, -0.1) is 0 Å². The largest absolute Gasteiger partial charge is 0.215 e. The molecule has 0 aromatic carbocycles. The van der Waals surface area contributed by atoms with Gasteiger partial charge in [0.25, 0.3) is 0 Å². The van der Waals surface area contributed by atoms with Crippen molar-refractivity contribution < 1.29 is 8.42 Å². The van der Waals surface area contributed by atoms with E-state index in [4.69, 9.17) is 5.26 Å². The summed E-state index contributed by atoms with van der Waals surface area (Å²) < 4.78 is 25.6. The molecule has 0 radical (unpaired) electrons. The highest BCUT2D eigenvalue weighted by Crippen LogP contribution is 2.02. The Labute approximate surface area is 105 Å². The maximum absolute atomic E-state index is 11.5. The van der Waals surface area contributed by atoms with Gasteiger partial charge >= 0.3 is 0 Å². The number of nitrogens with one attached hydrogen (secondary N) is 1. The summed E-state index contributed by atoms with van der Waals surface area (Å²) >= 11 is 0. The normalized spacial score (nSPS) is 11.3. The monoisotopic (exact) mass is 260 g/mol. The van der Waals surface area contributed by atoms with Gasteiger partial charge in [-0.1, -0.05) is 32.6 Å². The first-order valence-corrected chi connectivity index (χ1v) is 8.12. The molecule has 0 rings (SSSR count). The van der Waals surface area contributed by atoms with Crippen molar-refractivity contribution in [3.05, 3.63) is 0 Å². The Kier molecular flexibility index (Phi) is 10.2. The van der Waals surface area contributed by atoms with Gasteiger partial charge in [0.2, 0.25) is 10.0 Å². The van der Waals surface area contributed by atoms with E-state index in [1.54, 1.807) is 0 Å². The summed E-state index contributed by atoms with van der Waals surface area (Å²) in [6.07, 6.45) is 7.11. The van der Waals surface area contributed by atoms with Crippen LogP contribution in [0.1, 0.15) is 58.3 Å². The Morgan fingerprint density at radius 1 is 1.06 bits per heavy atom. The first-order chi connectivity index (χ1) is 8.12. The van der Waals surface area contributed by atoms with Crippen molar-refractivity contribution in [3.8, 4) is 6.07 Å². The third-order valence-electron chi connectivity index (χ3n) is 2.55. The fourth-order valence-electron chi connectivity index (χ4n) is 1.52. The molecule has 4 nitrogen and oxygen atoms in total. The molecule has 0 unspecified atom stereocenters. The van der Waals surface area contributed by atoms with E-state index < -0.39 is 10.0 Å². The van der Waals surface area contributed by atoms with Gasteiger partial charge in [-0.2, -0.15) is 5.26 Å². The zero-order valence-corrected chi connectivity index (χ0v) is 11.6. The molecule has 0 bridgehead atoms. The van der Waals surface area contributed by atoms with Gasteiger partial charge in [0.1, 0.15) is 0 Å². The molecule has 17 heavy (non-hydrogen) atoms. The van der Waals surface area contributed by atoms with Gasteiger partial charge in [0, 0.05) is 13.0 Å². The Morgan fingerprint density at radius 2 is 1.76 bits per heavy atom. The van der Waals surface area contributed by atoms with E-state index in [0.29, 0.717) is 13.0 Å². The highest BCUT2D eigenvalue weighted by molar-refractivity contribution is 7.89. The fourth-order valence-corrected chi connectivity index (χ4v) is 2.71. The summed E-state index contributed by atoms with van der Waals surface area (Å²) in [6.45, 7) is 2.59. The highest BCUT2D eigenvalue weighted by atomic mass is 32.2. The summed E-state index contributed by atoms with van der Waals surface area (Å²) in [5.74, 6) is 0.245. The smallest absolute Gasteiger partial charge is 0.211 e. The minimum atomic E-state index is -3.05. The predicted molar refractivity (Wildman–Crippen MR) is 70.0 cm³/mol. The minimum absolute atomic E-state index is 0.245. The van der Waals surface area contributed by atoms with Gasteiger partial charge in [-0.25, -0.2) is 13.1 Å². The molecular formula is C12H24N2O2S. The van der Waals surface area contributed by atoms with Gasteiger partial charge in [0.15, 0.2) is 0 Å². The fraction of sp³-hybridized carbons (Fsp3) is 0.917. The van der Waals surface area contributed by atoms with Crippen molar-refractivity contribution in [2.24, 2.45) is 0 Å². The van der Waals surface area contributed by atoms with Crippen LogP contribution in [0.5, 0.6) is 0 Å². The molecule has 0 aromatic heterocycles. The molecule has 0 aliphatic rings. The molecule has 0 fully saturated rings. The Balaban J connectivity index is 3.43. The van der Waals surface area contributed by atoms with Crippen LogP contribution >= 0.6 is 0 Å². The number of nitriles is 1. The Morgan fingerprint density at radius 3 is 2.41 bits per heavy atom. The van der Waals surface area contributed by atoms with Crippen molar-refractivity contribution in [3.63, 3.8) is 0 Å². The molecule has 0 saturated heterocycles. The molecule has 0 aliphatic carbocycles. The van der Waals surface area contributed by atoms with Crippen LogP contribution in [-0.4, -0.2) is 20.7 Å². The summed E-state index contributed by atoms with van der Waals surface area (Å²) in [5, 5.41) is 8.34. The second-order valence-electron chi connectivity index (χ2n) is 4.24. The second-order valence-corrected chi connectivity index (χ2v) is 6.17. The highest BCUT2D eigenvalue weighted by Gasteiger charge is 2.07. The molecule has 0 heterocycles. The third kappa shape index (κ3) is 11.7. The minimum Gasteiger partial charge on any atom is -0.215 e. The molecule has 5 heteroatoms. The summed E-state index contributed by atoms with van der Waals surface area (Å²) in [6, 6.07) is 2.10. The first kappa shape index (κ1) is 16.4. The van der Waals surface area contributed by atoms with E-state index in [1.807, 2.05) is 0 Å². The maximum atomic E-state index is 11.5.